The van der Waals surface area contributed by atoms with Gasteiger partial charge in [0.15, 0.2) is 5.79 Å². The second-order valence-corrected chi connectivity index (χ2v) is 4.26. The molecule has 2 rings (SSSR count). The molecule has 0 unspecified atom stereocenters. The smallest absolute Gasteiger partial charge is 0.163 e. The summed E-state index contributed by atoms with van der Waals surface area (Å²) in [5.74, 6) is -1.13. The molecule has 1 fully saturated rings. The van der Waals surface area contributed by atoms with Crippen molar-refractivity contribution >= 4 is 0 Å². The highest BCUT2D eigenvalue weighted by Gasteiger charge is 2.40. The van der Waals surface area contributed by atoms with Crippen molar-refractivity contribution in [2.24, 2.45) is 5.92 Å². The summed E-state index contributed by atoms with van der Waals surface area (Å²) in [4.78, 5) is 0. The molecule has 1 saturated carbocycles. The van der Waals surface area contributed by atoms with E-state index in [2.05, 4.69) is 0 Å². The van der Waals surface area contributed by atoms with Gasteiger partial charge in [-0.15, -0.1) is 0 Å². The minimum atomic E-state index is -1.43. The minimum Gasteiger partial charge on any atom is -0.376 e. The Kier molecular flexibility index (Phi) is 3.05. The van der Waals surface area contributed by atoms with E-state index in [1.807, 2.05) is 30.3 Å². The molecular formula is C12H16O3. The van der Waals surface area contributed by atoms with Crippen LogP contribution in [-0.4, -0.2) is 22.6 Å². The Morgan fingerprint density at radius 3 is 2.47 bits per heavy atom. The fourth-order valence-corrected chi connectivity index (χ4v) is 1.90. The zero-order valence-corrected chi connectivity index (χ0v) is 8.60. The van der Waals surface area contributed by atoms with Gasteiger partial charge in [0, 0.05) is 12.8 Å². The van der Waals surface area contributed by atoms with E-state index in [1.54, 1.807) is 0 Å². The van der Waals surface area contributed by atoms with Gasteiger partial charge in [0.05, 0.1) is 13.2 Å². The van der Waals surface area contributed by atoms with Gasteiger partial charge in [-0.3, -0.25) is 0 Å². The number of hydrogen-bond donors (Lipinski definition) is 2. The maximum atomic E-state index is 9.10. The van der Waals surface area contributed by atoms with Gasteiger partial charge >= 0.3 is 0 Å². The Morgan fingerprint density at radius 1 is 1.20 bits per heavy atom. The summed E-state index contributed by atoms with van der Waals surface area (Å²) in [5.41, 5.74) is 1.15. The van der Waals surface area contributed by atoms with Crippen LogP contribution < -0.4 is 0 Å². The van der Waals surface area contributed by atoms with Crippen molar-refractivity contribution in [2.75, 3.05) is 6.61 Å². The number of rotatable bonds is 4. The van der Waals surface area contributed by atoms with Crippen molar-refractivity contribution in [3.05, 3.63) is 35.9 Å². The monoisotopic (exact) mass is 208 g/mol. The molecule has 0 atom stereocenters. The van der Waals surface area contributed by atoms with E-state index in [0.717, 1.165) is 5.56 Å². The molecule has 3 nitrogen and oxygen atoms in total. The standard InChI is InChI=1S/C12H16O3/c13-12(14)6-11(7-12)9-15-8-10-4-2-1-3-5-10/h1-5,11,13-14H,6-9H2. The number of aliphatic hydroxyl groups is 2. The third kappa shape index (κ3) is 3.02. The summed E-state index contributed by atoms with van der Waals surface area (Å²) < 4.78 is 5.49. The molecular weight excluding hydrogens is 192 g/mol. The van der Waals surface area contributed by atoms with Gasteiger partial charge in [0.2, 0.25) is 0 Å². The van der Waals surface area contributed by atoms with E-state index in [0.29, 0.717) is 32.0 Å². The van der Waals surface area contributed by atoms with E-state index in [1.165, 1.54) is 0 Å². The molecule has 82 valence electrons. The van der Waals surface area contributed by atoms with Crippen molar-refractivity contribution < 1.29 is 14.9 Å². The maximum absolute atomic E-state index is 9.10. The Hall–Kier alpha value is -0.900. The summed E-state index contributed by atoms with van der Waals surface area (Å²) in [7, 11) is 0. The van der Waals surface area contributed by atoms with Crippen LogP contribution in [0.25, 0.3) is 0 Å². The molecule has 0 bridgehead atoms. The van der Waals surface area contributed by atoms with E-state index in [4.69, 9.17) is 14.9 Å². The Morgan fingerprint density at radius 2 is 1.87 bits per heavy atom. The van der Waals surface area contributed by atoms with Crippen LogP contribution in [0.1, 0.15) is 18.4 Å². The predicted molar refractivity (Wildman–Crippen MR) is 56.0 cm³/mol. The quantitative estimate of drug-likeness (QED) is 0.733. The lowest BCUT2D eigenvalue weighted by molar-refractivity contribution is -0.242. The van der Waals surface area contributed by atoms with E-state index in [9.17, 15) is 0 Å². The van der Waals surface area contributed by atoms with Gasteiger partial charge < -0.3 is 14.9 Å². The Bertz CT molecular complexity index is 300. The highest BCUT2D eigenvalue weighted by atomic mass is 16.5. The van der Waals surface area contributed by atoms with Crippen LogP contribution in [0.3, 0.4) is 0 Å². The van der Waals surface area contributed by atoms with Crippen LogP contribution in [-0.2, 0) is 11.3 Å². The molecule has 0 saturated heterocycles. The van der Waals surface area contributed by atoms with Gasteiger partial charge in [0.25, 0.3) is 0 Å². The summed E-state index contributed by atoms with van der Waals surface area (Å²) in [5, 5.41) is 18.2. The summed E-state index contributed by atoms with van der Waals surface area (Å²) >= 11 is 0. The number of benzene rings is 1. The molecule has 3 heteroatoms. The largest absolute Gasteiger partial charge is 0.376 e. The SMILES string of the molecule is OC1(O)CC(COCc2ccccc2)C1. The van der Waals surface area contributed by atoms with Crippen molar-refractivity contribution in [1.82, 2.24) is 0 Å². The third-order valence-corrected chi connectivity index (χ3v) is 2.70. The third-order valence-electron chi connectivity index (χ3n) is 2.70. The van der Waals surface area contributed by atoms with Crippen LogP contribution in [0.4, 0.5) is 0 Å². The first-order valence-electron chi connectivity index (χ1n) is 5.22. The van der Waals surface area contributed by atoms with Crippen LogP contribution in [0.15, 0.2) is 30.3 Å². The molecule has 0 aliphatic heterocycles. The van der Waals surface area contributed by atoms with Gasteiger partial charge in [-0.2, -0.15) is 0 Å². The highest BCUT2D eigenvalue weighted by molar-refractivity contribution is 5.13. The second-order valence-electron chi connectivity index (χ2n) is 4.26. The average Bonchev–Trinajstić information content (AvgIpc) is 2.16. The van der Waals surface area contributed by atoms with Crippen LogP contribution in [0.5, 0.6) is 0 Å². The predicted octanol–water partition coefficient (Wildman–Crippen LogP) is 1.29. The zero-order chi connectivity index (χ0) is 10.7. The molecule has 0 radical (unpaired) electrons. The second kappa shape index (κ2) is 4.31. The van der Waals surface area contributed by atoms with Gasteiger partial charge in [-0.1, -0.05) is 30.3 Å². The normalized spacial score (nSPS) is 19.9. The molecule has 15 heavy (non-hydrogen) atoms. The zero-order valence-electron chi connectivity index (χ0n) is 8.60. The van der Waals surface area contributed by atoms with Crippen LogP contribution >= 0.6 is 0 Å². The number of hydrogen-bond acceptors (Lipinski definition) is 3. The van der Waals surface area contributed by atoms with Crippen LogP contribution in [0, 0.1) is 5.92 Å². The summed E-state index contributed by atoms with van der Waals surface area (Å²) in [6, 6.07) is 9.97. The van der Waals surface area contributed by atoms with Crippen molar-refractivity contribution in [2.45, 2.75) is 25.2 Å². The summed E-state index contributed by atoms with van der Waals surface area (Å²) in [6.45, 7) is 1.21. The van der Waals surface area contributed by atoms with Gasteiger partial charge in [0.1, 0.15) is 0 Å². The van der Waals surface area contributed by atoms with Crippen molar-refractivity contribution in [1.29, 1.82) is 0 Å². The summed E-state index contributed by atoms with van der Waals surface area (Å²) in [6.07, 6.45) is 0.865. The average molecular weight is 208 g/mol. The molecule has 2 N–H and O–H groups in total. The van der Waals surface area contributed by atoms with Crippen LogP contribution in [0.2, 0.25) is 0 Å². The van der Waals surface area contributed by atoms with Gasteiger partial charge in [-0.05, 0) is 11.5 Å². The van der Waals surface area contributed by atoms with E-state index < -0.39 is 5.79 Å². The molecule has 1 aromatic rings. The molecule has 0 amide bonds. The number of ether oxygens (including phenoxy) is 1. The lowest BCUT2D eigenvalue weighted by Crippen LogP contribution is -2.45. The first kappa shape index (κ1) is 10.6. The first-order chi connectivity index (χ1) is 7.16. The lowest BCUT2D eigenvalue weighted by atomic mass is 9.80. The molecule has 0 spiro atoms. The van der Waals surface area contributed by atoms with Crippen molar-refractivity contribution in [3.63, 3.8) is 0 Å². The Balaban J connectivity index is 1.64. The minimum absolute atomic E-state index is 0.295. The maximum Gasteiger partial charge on any atom is 0.163 e. The van der Waals surface area contributed by atoms with E-state index in [-0.39, 0.29) is 0 Å². The first-order valence-corrected chi connectivity index (χ1v) is 5.22. The topological polar surface area (TPSA) is 49.7 Å². The highest BCUT2D eigenvalue weighted by Crippen LogP contribution is 2.35. The molecule has 0 aromatic heterocycles. The fourth-order valence-electron chi connectivity index (χ4n) is 1.90. The van der Waals surface area contributed by atoms with E-state index >= 15 is 0 Å². The van der Waals surface area contributed by atoms with Crippen molar-refractivity contribution in [3.8, 4) is 0 Å². The Labute approximate surface area is 89.3 Å². The molecule has 1 aromatic carbocycles. The molecule has 1 aliphatic rings. The fraction of sp³-hybridized carbons (Fsp3) is 0.500. The molecule has 1 aliphatic carbocycles. The lowest BCUT2D eigenvalue weighted by Gasteiger charge is -2.38. The van der Waals surface area contributed by atoms with Gasteiger partial charge in [-0.25, -0.2) is 0 Å². The molecule has 0 heterocycles.